The first-order chi connectivity index (χ1) is 8.75. The molecule has 0 nitrogen and oxygen atoms in total. The molecule has 1 aromatic rings. The third-order valence-corrected chi connectivity index (χ3v) is 5.24. The van der Waals surface area contributed by atoms with E-state index >= 15 is 0 Å². The Balaban J connectivity index is 1.91. The Labute approximate surface area is 112 Å². The number of hydrogen-bond donors (Lipinski definition) is 0. The zero-order chi connectivity index (χ0) is 12.5. The highest BCUT2D eigenvalue weighted by Gasteiger charge is 2.23. The molecule has 18 heavy (non-hydrogen) atoms. The van der Waals surface area contributed by atoms with Gasteiger partial charge in [0.05, 0.1) is 0 Å². The van der Waals surface area contributed by atoms with Crippen LogP contribution in [0.3, 0.4) is 0 Å². The van der Waals surface area contributed by atoms with E-state index in [1.807, 2.05) is 0 Å². The predicted molar refractivity (Wildman–Crippen MR) is 78.3 cm³/mol. The van der Waals surface area contributed by atoms with Gasteiger partial charge >= 0.3 is 0 Å². The van der Waals surface area contributed by atoms with Crippen molar-refractivity contribution >= 4 is 0 Å². The normalized spacial score (nSPS) is 21.9. The molecule has 0 radical (unpaired) electrons. The second kappa shape index (κ2) is 5.07. The second-order valence-corrected chi connectivity index (χ2v) is 6.53. The van der Waals surface area contributed by atoms with E-state index < -0.39 is 0 Å². The summed E-state index contributed by atoms with van der Waals surface area (Å²) in [5, 5.41) is 0. The van der Waals surface area contributed by atoms with Crippen LogP contribution in [0.4, 0.5) is 0 Å². The van der Waals surface area contributed by atoms with Gasteiger partial charge in [0.1, 0.15) is 0 Å². The minimum absolute atomic E-state index is 0.862. The molecule has 0 bridgehead atoms. The van der Waals surface area contributed by atoms with Crippen molar-refractivity contribution in [2.24, 2.45) is 0 Å². The van der Waals surface area contributed by atoms with Crippen LogP contribution in [0.5, 0.6) is 0 Å². The van der Waals surface area contributed by atoms with Crippen LogP contribution in [0.1, 0.15) is 85.5 Å². The molecule has 0 atom stereocenters. The highest BCUT2D eigenvalue weighted by atomic mass is 14.3. The van der Waals surface area contributed by atoms with Gasteiger partial charge in [0.2, 0.25) is 0 Å². The van der Waals surface area contributed by atoms with Gasteiger partial charge in [-0.3, -0.25) is 0 Å². The quantitative estimate of drug-likeness (QED) is 0.631. The van der Waals surface area contributed by atoms with E-state index in [0.29, 0.717) is 0 Å². The third kappa shape index (κ3) is 2.22. The van der Waals surface area contributed by atoms with Crippen LogP contribution >= 0.6 is 0 Å². The van der Waals surface area contributed by atoms with E-state index in [2.05, 4.69) is 26.0 Å². The van der Waals surface area contributed by atoms with Crippen LogP contribution in [0.25, 0.3) is 0 Å². The largest absolute Gasteiger partial charge is 0.0553 e. The molecule has 2 aliphatic rings. The molecule has 2 fully saturated rings. The van der Waals surface area contributed by atoms with Gasteiger partial charge in [-0.25, -0.2) is 0 Å². The summed E-state index contributed by atoms with van der Waals surface area (Å²) in [6.07, 6.45) is 11.4. The van der Waals surface area contributed by atoms with Crippen LogP contribution < -0.4 is 0 Å². The lowest BCUT2D eigenvalue weighted by Gasteiger charge is -2.20. The number of hydrogen-bond acceptors (Lipinski definition) is 0. The highest BCUT2D eigenvalue weighted by Crippen LogP contribution is 2.40. The van der Waals surface area contributed by atoms with E-state index in [4.69, 9.17) is 0 Å². The maximum absolute atomic E-state index is 2.53. The summed E-state index contributed by atoms with van der Waals surface area (Å²) in [5.74, 6) is 1.72. The summed E-state index contributed by atoms with van der Waals surface area (Å²) in [6.45, 7) is 4.68. The van der Waals surface area contributed by atoms with Gasteiger partial charge in [-0.1, -0.05) is 37.8 Å². The SMILES string of the molecule is Cc1cc(C2CCCC2)c(C)cc1C1CCCC1. The second-order valence-electron chi connectivity index (χ2n) is 6.53. The average Bonchev–Trinajstić information content (AvgIpc) is 3.02. The molecular weight excluding hydrogens is 216 g/mol. The zero-order valence-corrected chi connectivity index (χ0v) is 12.0. The summed E-state index contributed by atoms with van der Waals surface area (Å²) in [4.78, 5) is 0. The Morgan fingerprint density at radius 1 is 0.667 bits per heavy atom. The molecule has 0 aliphatic heterocycles. The van der Waals surface area contributed by atoms with Crippen molar-refractivity contribution in [1.29, 1.82) is 0 Å². The summed E-state index contributed by atoms with van der Waals surface area (Å²) in [5.41, 5.74) is 6.45. The van der Waals surface area contributed by atoms with Crippen LogP contribution in [-0.2, 0) is 0 Å². The van der Waals surface area contributed by atoms with E-state index in [1.165, 1.54) is 51.4 Å². The molecule has 0 aromatic heterocycles. The number of benzene rings is 1. The van der Waals surface area contributed by atoms with Crippen molar-refractivity contribution in [1.82, 2.24) is 0 Å². The molecule has 3 rings (SSSR count). The summed E-state index contributed by atoms with van der Waals surface area (Å²) >= 11 is 0. The van der Waals surface area contributed by atoms with Crippen molar-refractivity contribution in [2.45, 2.75) is 77.0 Å². The molecule has 1 aromatic carbocycles. The molecule has 0 saturated heterocycles. The van der Waals surface area contributed by atoms with Crippen LogP contribution in [0.15, 0.2) is 12.1 Å². The van der Waals surface area contributed by atoms with Crippen molar-refractivity contribution in [3.63, 3.8) is 0 Å². The van der Waals surface area contributed by atoms with Gasteiger partial charge < -0.3 is 0 Å². The lowest BCUT2D eigenvalue weighted by atomic mass is 9.85. The molecule has 0 N–H and O–H groups in total. The summed E-state index contributed by atoms with van der Waals surface area (Å²) in [7, 11) is 0. The van der Waals surface area contributed by atoms with Crippen LogP contribution in [0.2, 0.25) is 0 Å². The van der Waals surface area contributed by atoms with Crippen molar-refractivity contribution in [2.75, 3.05) is 0 Å². The number of aryl methyl sites for hydroxylation is 2. The predicted octanol–water partition coefficient (Wildman–Crippen LogP) is 5.62. The van der Waals surface area contributed by atoms with Gasteiger partial charge in [-0.2, -0.15) is 0 Å². The number of rotatable bonds is 2. The Morgan fingerprint density at radius 2 is 1.00 bits per heavy atom. The first-order valence-corrected chi connectivity index (χ1v) is 7.87. The summed E-state index contributed by atoms with van der Waals surface area (Å²) < 4.78 is 0. The molecule has 2 aliphatic carbocycles. The minimum atomic E-state index is 0.862. The fourth-order valence-electron chi connectivity index (χ4n) is 4.21. The average molecular weight is 242 g/mol. The fourth-order valence-corrected chi connectivity index (χ4v) is 4.21. The van der Waals surface area contributed by atoms with E-state index in [-0.39, 0.29) is 0 Å². The van der Waals surface area contributed by atoms with Gasteiger partial charge in [0.15, 0.2) is 0 Å². The first kappa shape index (κ1) is 12.3. The molecule has 98 valence electrons. The smallest absolute Gasteiger partial charge is 0.0159 e. The van der Waals surface area contributed by atoms with E-state index in [9.17, 15) is 0 Å². The molecule has 2 saturated carbocycles. The maximum atomic E-state index is 2.53. The van der Waals surface area contributed by atoms with Crippen LogP contribution in [-0.4, -0.2) is 0 Å². The fraction of sp³-hybridized carbons (Fsp3) is 0.667. The Hall–Kier alpha value is -0.780. The van der Waals surface area contributed by atoms with Crippen molar-refractivity contribution in [3.05, 3.63) is 34.4 Å². The van der Waals surface area contributed by atoms with E-state index in [1.54, 1.807) is 22.3 Å². The third-order valence-electron chi connectivity index (χ3n) is 5.24. The molecule has 0 unspecified atom stereocenters. The Morgan fingerprint density at radius 3 is 1.33 bits per heavy atom. The zero-order valence-electron chi connectivity index (χ0n) is 12.0. The lowest BCUT2D eigenvalue weighted by Crippen LogP contribution is -2.02. The topological polar surface area (TPSA) is 0 Å². The molecule has 0 heterocycles. The molecule has 0 heteroatoms. The highest BCUT2D eigenvalue weighted by molar-refractivity contribution is 5.41. The van der Waals surface area contributed by atoms with E-state index in [0.717, 1.165) is 11.8 Å². The van der Waals surface area contributed by atoms with Crippen molar-refractivity contribution in [3.8, 4) is 0 Å². The van der Waals surface area contributed by atoms with Gasteiger partial charge in [0.25, 0.3) is 0 Å². The van der Waals surface area contributed by atoms with Gasteiger partial charge in [-0.15, -0.1) is 0 Å². The standard InChI is InChI=1S/C18H26/c1-13-11-18(16-9-5-6-10-16)14(2)12-17(13)15-7-3-4-8-15/h11-12,15-16H,3-10H2,1-2H3. The minimum Gasteiger partial charge on any atom is -0.0553 e. The van der Waals surface area contributed by atoms with Crippen LogP contribution in [0, 0.1) is 13.8 Å². The summed E-state index contributed by atoms with van der Waals surface area (Å²) in [6, 6.07) is 5.05. The van der Waals surface area contributed by atoms with Crippen molar-refractivity contribution < 1.29 is 0 Å². The van der Waals surface area contributed by atoms with Gasteiger partial charge in [0, 0.05) is 0 Å². The Bertz CT molecular complexity index is 376. The molecular formula is C18H26. The lowest BCUT2D eigenvalue weighted by molar-refractivity contribution is 0.699. The Kier molecular flexibility index (Phi) is 3.46. The monoisotopic (exact) mass is 242 g/mol. The first-order valence-electron chi connectivity index (χ1n) is 7.87. The van der Waals surface area contributed by atoms with Gasteiger partial charge in [-0.05, 0) is 73.6 Å². The molecule has 0 amide bonds. The maximum Gasteiger partial charge on any atom is -0.0159 e. The molecule has 0 spiro atoms.